The molecule has 0 unspecified atom stereocenters. The third-order valence-electron chi connectivity index (χ3n) is 4.98. The molecule has 1 aliphatic heterocycles. The van der Waals surface area contributed by atoms with E-state index in [0.717, 1.165) is 5.56 Å². The maximum absolute atomic E-state index is 13.0. The van der Waals surface area contributed by atoms with Gasteiger partial charge in [0.1, 0.15) is 11.9 Å². The number of aromatic nitrogens is 1. The molecular formula is C23H18ClFN4O2. The van der Waals surface area contributed by atoms with Gasteiger partial charge in [-0.3, -0.25) is 4.79 Å². The van der Waals surface area contributed by atoms with Crippen LogP contribution in [0.2, 0.25) is 5.02 Å². The predicted molar refractivity (Wildman–Crippen MR) is 116 cm³/mol. The maximum atomic E-state index is 13.0. The molecule has 31 heavy (non-hydrogen) atoms. The standard InChI is InChI=1S/C23H18ClFN4O2/c24-19-4-2-1-3-18(19)22(30)28-11-13-29(14-12-28)23-20(15-26)27-21(31-23)10-7-16-5-8-17(25)9-6-16/h1-10H,11-14H2/b10-7+. The summed E-state index contributed by atoms with van der Waals surface area (Å²) in [5, 5.41) is 9.88. The van der Waals surface area contributed by atoms with Crippen LogP contribution in [0.4, 0.5) is 10.3 Å². The molecule has 1 aliphatic rings. The molecule has 1 fully saturated rings. The molecule has 8 heteroatoms. The minimum atomic E-state index is -0.311. The summed E-state index contributed by atoms with van der Waals surface area (Å²) in [6, 6.07) is 15.0. The number of halogens is 2. The SMILES string of the molecule is N#Cc1nc(/C=C/c2ccc(F)cc2)oc1N1CCN(C(=O)c2ccccc2Cl)CC1. The Balaban J connectivity index is 1.45. The van der Waals surface area contributed by atoms with Gasteiger partial charge >= 0.3 is 0 Å². The normalized spacial score (nSPS) is 14.1. The van der Waals surface area contributed by atoms with Crippen LogP contribution in [0.25, 0.3) is 12.2 Å². The predicted octanol–water partition coefficient (Wildman–Crippen LogP) is 4.47. The smallest absolute Gasteiger partial charge is 0.255 e. The molecule has 0 bridgehead atoms. The van der Waals surface area contributed by atoms with Crippen molar-refractivity contribution in [3.63, 3.8) is 0 Å². The molecule has 2 aromatic carbocycles. The lowest BCUT2D eigenvalue weighted by molar-refractivity contribution is 0.0745. The summed E-state index contributed by atoms with van der Waals surface area (Å²) in [5.74, 6) is 0.234. The third-order valence-corrected chi connectivity index (χ3v) is 5.31. The monoisotopic (exact) mass is 436 g/mol. The van der Waals surface area contributed by atoms with Crippen LogP contribution < -0.4 is 4.90 Å². The average molecular weight is 437 g/mol. The zero-order valence-corrected chi connectivity index (χ0v) is 17.2. The summed E-state index contributed by atoms with van der Waals surface area (Å²) in [6.07, 6.45) is 3.37. The van der Waals surface area contributed by atoms with Crippen LogP contribution in [0.15, 0.2) is 52.9 Å². The van der Waals surface area contributed by atoms with Crippen molar-refractivity contribution < 1.29 is 13.6 Å². The zero-order valence-electron chi connectivity index (χ0n) is 16.5. The van der Waals surface area contributed by atoms with E-state index in [4.69, 9.17) is 16.0 Å². The van der Waals surface area contributed by atoms with Gasteiger partial charge in [-0.05, 0) is 35.9 Å². The summed E-state index contributed by atoms with van der Waals surface area (Å²) in [6.45, 7) is 1.94. The second-order valence-corrected chi connectivity index (χ2v) is 7.37. The second-order valence-electron chi connectivity index (χ2n) is 6.96. The van der Waals surface area contributed by atoms with Crippen molar-refractivity contribution in [2.24, 2.45) is 0 Å². The molecule has 0 radical (unpaired) electrons. The molecule has 4 rings (SSSR count). The number of amides is 1. The molecule has 156 valence electrons. The van der Waals surface area contributed by atoms with Crippen molar-refractivity contribution in [1.29, 1.82) is 5.26 Å². The molecule has 6 nitrogen and oxygen atoms in total. The average Bonchev–Trinajstić information content (AvgIpc) is 3.22. The van der Waals surface area contributed by atoms with E-state index in [0.29, 0.717) is 42.6 Å². The van der Waals surface area contributed by atoms with Crippen molar-refractivity contribution in [3.05, 3.63) is 82.1 Å². The molecule has 0 aliphatic carbocycles. The quantitative estimate of drug-likeness (QED) is 0.603. The Morgan fingerprint density at radius 2 is 1.81 bits per heavy atom. The number of oxazole rings is 1. The number of nitriles is 1. The van der Waals surface area contributed by atoms with Crippen LogP contribution >= 0.6 is 11.6 Å². The Kier molecular flexibility index (Phi) is 6.01. The van der Waals surface area contributed by atoms with Crippen LogP contribution in [-0.4, -0.2) is 42.0 Å². The molecule has 1 aromatic heterocycles. The van der Waals surface area contributed by atoms with Crippen molar-refractivity contribution in [3.8, 4) is 6.07 Å². The highest BCUT2D eigenvalue weighted by Gasteiger charge is 2.27. The molecule has 3 aromatic rings. The van der Waals surface area contributed by atoms with E-state index >= 15 is 0 Å². The van der Waals surface area contributed by atoms with Crippen LogP contribution in [0.3, 0.4) is 0 Å². The van der Waals surface area contributed by atoms with E-state index < -0.39 is 0 Å². The Morgan fingerprint density at radius 1 is 1.10 bits per heavy atom. The first kappa shape index (κ1) is 20.6. The highest BCUT2D eigenvalue weighted by molar-refractivity contribution is 6.33. The summed E-state index contributed by atoms with van der Waals surface area (Å²) >= 11 is 6.14. The van der Waals surface area contributed by atoms with Gasteiger partial charge in [0.2, 0.25) is 17.5 Å². The third kappa shape index (κ3) is 4.60. The van der Waals surface area contributed by atoms with Crippen LogP contribution in [0.1, 0.15) is 27.5 Å². The van der Waals surface area contributed by atoms with Gasteiger partial charge < -0.3 is 14.2 Å². The van der Waals surface area contributed by atoms with Crippen LogP contribution in [-0.2, 0) is 0 Å². The molecule has 0 N–H and O–H groups in total. The lowest BCUT2D eigenvalue weighted by atomic mass is 10.2. The van der Waals surface area contributed by atoms with Gasteiger partial charge in [0.25, 0.3) is 5.91 Å². The van der Waals surface area contributed by atoms with Crippen molar-refractivity contribution in [1.82, 2.24) is 9.88 Å². The van der Waals surface area contributed by atoms with E-state index in [1.54, 1.807) is 53.5 Å². The van der Waals surface area contributed by atoms with Crippen LogP contribution in [0, 0.1) is 17.1 Å². The summed E-state index contributed by atoms with van der Waals surface area (Å²) in [4.78, 5) is 20.6. The van der Waals surface area contributed by atoms with Crippen molar-refractivity contribution in [2.45, 2.75) is 0 Å². The van der Waals surface area contributed by atoms with E-state index in [-0.39, 0.29) is 23.3 Å². The van der Waals surface area contributed by atoms with Crippen LogP contribution in [0.5, 0.6) is 0 Å². The first-order valence-electron chi connectivity index (χ1n) is 9.68. The fourth-order valence-electron chi connectivity index (χ4n) is 3.35. The zero-order chi connectivity index (χ0) is 21.8. The number of hydrogen-bond donors (Lipinski definition) is 0. The lowest BCUT2D eigenvalue weighted by Crippen LogP contribution is -2.49. The summed E-state index contributed by atoms with van der Waals surface area (Å²) in [5.41, 5.74) is 1.44. The van der Waals surface area contributed by atoms with Gasteiger partial charge in [0.05, 0.1) is 10.6 Å². The minimum Gasteiger partial charge on any atom is -0.420 e. The van der Waals surface area contributed by atoms with Gasteiger partial charge in [-0.1, -0.05) is 35.9 Å². The summed E-state index contributed by atoms with van der Waals surface area (Å²) < 4.78 is 18.8. The maximum Gasteiger partial charge on any atom is 0.255 e. The Labute approximate surface area is 183 Å². The highest BCUT2D eigenvalue weighted by Crippen LogP contribution is 2.25. The van der Waals surface area contributed by atoms with Gasteiger partial charge in [0, 0.05) is 32.3 Å². The van der Waals surface area contributed by atoms with E-state index in [2.05, 4.69) is 11.1 Å². The molecule has 1 saturated heterocycles. The van der Waals surface area contributed by atoms with Gasteiger partial charge in [0.15, 0.2) is 0 Å². The molecule has 0 atom stereocenters. The van der Waals surface area contributed by atoms with Crippen molar-refractivity contribution in [2.75, 3.05) is 31.1 Å². The molecular weight excluding hydrogens is 419 g/mol. The first-order valence-corrected chi connectivity index (χ1v) is 10.1. The number of piperazine rings is 1. The Morgan fingerprint density at radius 3 is 2.48 bits per heavy atom. The lowest BCUT2D eigenvalue weighted by Gasteiger charge is -2.34. The fraction of sp³-hybridized carbons (Fsp3) is 0.174. The van der Waals surface area contributed by atoms with E-state index in [1.807, 2.05) is 4.90 Å². The number of carbonyl (C=O) groups is 1. The van der Waals surface area contributed by atoms with Gasteiger partial charge in [-0.15, -0.1) is 0 Å². The fourth-order valence-corrected chi connectivity index (χ4v) is 3.56. The number of anilines is 1. The van der Waals surface area contributed by atoms with Crippen molar-refractivity contribution >= 4 is 35.5 Å². The van der Waals surface area contributed by atoms with E-state index in [1.165, 1.54) is 12.1 Å². The van der Waals surface area contributed by atoms with E-state index in [9.17, 15) is 14.4 Å². The Bertz CT molecular complexity index is 1160. The largest absolute Gasteiger partial charge is 0.420 e. The topological polar surface area (TPSA) is 73.4 Å². The second kappa shape index (κ2) is 9.02. The minimum absolute atomic E-state index is 0.119. The number of carbonyl (C=O) groups excluding carboxylic acids is 1. The van der Waals surface area contributed by atoms with Gasteiger partial charge in [-0.25, -0.2) is 4.39 Å². The Hall–Kier alpha value is -3.63. The molecule has 0 spiro atoms. The molecule has 2 heterocycles. The number of hydrogen-bond acceptors (Lipinski definition) is 5. The molecule has 1 amide bonds. The van der Waals surface area contributed by atoms with Gasteiger partial charge in [-0.2, -0.15) is 10.2 Å². The first-order chi connectivity index (χ1) is 15.0. The number of rotatable bonds is 4. The highest BCUT2D eigenvalue weighted by atomic mass is 35.5. The number of nitrogens with zero attached hydrogens (tertiary/aromatic N) is 4. The number of benzene rings is 2. The molecule has 0 saturated carbocycles. The summed E-state index contributed by atoms with van der Waals surface area (Å²) in [7, 11) is 0.